The monoisotopic (exact) mass is 445 g/mol. The van der Waals surface area contributed by atoms with Gasteiger partial charge in [-0.15, -0.1) is 0 Å². The number of pyridine rings is 1. The van der Waals surface area contributed by atoms with Crippen LogP contribution in [-0.4, -0.2) is 32.0 Å². The summed E-state index contributed by atoms with van der Waals surface area (Å²) in [5.74, 6) is -0.0388. The van der Waals surface area contributed by atoms with Crippen molar-refractivity contribution in [2.24, 2.45) is 0 Å². The van der Waals surface area contributed by atoms with Crippen LogP contribution in [0.1, 0.15) is 19.4 Å². The predicted octanol–water partition coefficient (Wildman–Crippen LogP) is 4.49. The van der Waals surface area contributed by atoms with Crippen molar-refractivity contribution < 1.29 is 8.42 Å². The number of anilines is 1. The third-order valence-corrected chi connectivity index (χ3v) is 7.74. The van der Waals surface area contributed by atoms with Gasteiger partial charge in [-0.25, -0.2) is 22.4 Å². The summed E-state index contributed by atoms with van der Waals surface area (Å²) in [5.41, 5.74) is 12.4. The molecule has 8 heteroatoms. The number of nitrogens with zero attached hydrogens (tertiary/aromatic N) is 4. The molecule has 2 N–H and O–H groups in total. The predicted molar refractivity (Wildman–Crippen MR) is 128 cm³/mol. The fourth-order valence-electron chi connectivity index (χ4n) is 3.98. The Hall–Kier alpha value is -3.65. The van der Waals surface area contributed by atoms with Gasteiger partial charge in [-0.3, -0.25) is 4.40 Å². The SMILES string of the molecule is Cc1cccn2c(-c3ccc4nc(N)n(S(=O)(=O)C(C)C)c4c3)c(-c3ccccc3)nc12. The zero-order chi connectivity index (χ0) is 22.6. The molecule has 0 aliphatic carbocycles. The fraction of sp³-hybridized carbons (Fsp3) is 0.167. The molecule has 3 heterocycles. The zero-order valence-electron chi connectivity index (χ0n) is 18.0. The van der Waals surface area contributed by atoms with E-state index in [9.17, 15) is 8.42 Å². The maximum atomic E-state index is 13.0. The zero-order valence-corrected chi connectivity index (χ0v) is 18.8. The number of aryl methyl sites for hydroxylation is 1. The second kappa shape index (κ2) is 7.20. The standard InChI is InChI=1S/C24H23N5O2S/c1-15(2)32(30,31)29-20-14-18(11-12-19(20)26-24(29)25)22-21(17-9-5-4-6-10-17)27-23-16(3)8-7-13-28(22)23/h4-15H,1-3H3,(H2,25,26). The van der Waals surface area contributed by atoms with E-state index in [0.29, 0.717) is 11.0 Å². The lowest BCUT2D eigenvalue weighted by atomic mass is 10.0. The van der Waals surface area contributed by atoms with Crippen LogP contribution in [0.4, 0.5) is 5.95 Å². The Balaban J connectivity index is 1.85. The molecule has 0 unspecified atom stereocenters. The highest BCUT2D eigenvalue weighted by Crippen LogP contribution is 2.35. The summed E-state index contributed by atoms with van der Waals surface area (Å²) in [6.45, 7) is 5.28. The van der Waals surface area contributed by atoms with Gasteiger partial charge in [0.05, 0.1) is 27.7 Å². The number of nitrogen functional groups attached to an aromatic ring is 1. The molecule has 0 spiro atoms. The molecule has 0 aliphatic rings. The summed E-state index contributed by atoms with van der Waals surface area (Å²) >= 11 is 0. The van der Waals surface area contributed by atoms with Gasteiger partial charge in [0, 0.05) is 17.3 Å². The van der Waals surface area contributed by atoms with Crippen LogP contribution in [0.2, 0.25) is 0 Å². The van der Waals surface area contributed by atoms with Crippen molar-refractivity contribution >= 4 is 32.7 Å². The normalized spacial score (nSPS) is 12.2. The Bertz CT molecular complexity index is 1580. The first kappa shape index (κ1) is 20.3. The highest BCUT2D eigenvalue weighted by Gasteiger charge is 2.25. The molecule has 7 nitrogen and oxygen atoms in total. The minimum absolute atomic E-state index is 0.0388. The van der Waals surface area contributed by atoms with Gasteiger partial charge in [-0.2, -0.15) is 0 Å². The van der Waals surface area contributed by atoms with Gasteiger partial charge in [0.1, 0.15) is 5.65 Å². The van der Waals surface area contributed by atoms with Crippen LogP contribution >= 0.6 is 0 Å². The van der Waals surface area contributed by atoms with Gasteiger partial charge in [0.25, 0.3) is 0 Å². The van der Waals surface area contributed by atoms with Crippen LogP contribution in [0.15, 0.2) is 66.9 Å². The average Bonchev–Trinajstić information content (AvgIpc) is 3.32. The van der Waals surface area contributed by atoms with Crippen LogP contribution in [0.25, 0.3) is 39.2 Å². The van der Waals surface area contributed by atoms with Crippen LogP contribution in [0.5, 0.6) is 0 Å². The maximum Gasteiger partial charge on any atom is 0.244 e. The summed E-state index contributed by atoms with van der Waals surface area (Å²) in [4.78, 5) is 9.22. The molecular formula is C24H23N5O2S. The van der Waals surface area contributed by atoms with Crippen molar-refractivity contribution in [2.75, 3.05) is 5.73 Å². The van der Waals surface area contributed by atoms with Gasteiger partial charge in [-0.1, -0.05) is 42.5 Å². The highest BCUT2D eigenvalue weighted by molar-refractivity contribution is 7.90. The van der Waals surface area contributed by atoms with E-state index in [4.69, 9.17) is 10.7 Å². The minimum Gasteiger partial charge on any atom is -0.368 e. The van der Waals surface area contributed by atoms with Crippen molar-refractivity contribution in [3.8, 4) is 22.5 Å². The Morgan fingerprint density at radius 3 is 2.41 bits per heavy atom. The Kier molecular flexibility index (Phi) is 4.56. The third-order valence-electron chi connectivity index (χ3n) is 5.65. The molecular weight excluding hydrogens is 422 g/mol. The van der Waals surface area contributed by atoms with E-state index in [0.717, 1.165) is 37.7 Å². The van der Waals surface area contributed by atoms with Crippen molar-refractivity contribution in [3.05, 3.63) is 72.4 Å². The molecule has 0 aliphatic heterocycles. The number of rotatable bonds is 4. The number of aromatic nitrogens is 4. The molecule has 5 rings (SSSR count). The quantitative estimate of drug-likeness (QED) is 0.440. The van der Waals surface area contributed by atoms with Crippen LogP contribution < -0.4 is 5.73 Å². The maximum absolute atomic E-state index is 13.0. The summed E-state index contributed by atoms with van der Waals surface area (Å²) in [6, 6.07) is 19.5. The molecule has 0 bridgehead atoms. The molecule has 32 heavy (non-hydrogen) atoms. The molecule has 5 aromatic rings. The van der Waals surface area contributed by atoms with E-state index < -0.39 is 15.3 Å². The number of hydrogen-bond acceptors (Lipinski definition) is 5. The fourth-order valence-corrected chi connectivity index (χ4v) is 5.12. The van der Waals surface area contributed by atoms with Crippen molar-refractivity contribution in [3.63, 3.8) is 0 Å². The second-order valence-electron chi connectivity index (χ2n) is 8.09. The van der Waals surface area contributed by atoms with Crippen molar-refractivity contribution in [1.29, 1.82) is 0 Å². The van der Waals surface area contributed by atoms with Gasteiger partial charge in [0.15, 0.2) is 0 Å². The smallest absolute Gasteiger partial charge is 0.244 e. The van der Waals surface area contributed by atoms with E-state index in [1.54, 1.807) is 19.9 Å². The topological polar surface area (TPSA) is 95.3 Å². The second-order valence-corrected chi connectivity index (χ2v) is 10.4. The lowest BCUT2D eigenvalue weighted by Crippen LogP contribution is -2.23. The minimum atomic E-state index is -3.68. The van der Waals surface area contributed by atoms with Crippen molar-refractivity contribution in [1.82, 2.24) is 18.3 Å². The summed E-state index contributed by atoms with van der Waals surface area (Å²) in [6.07, 6.45) is 1.97. The van der Waals surface area contributed by atoms with Gasteiger partial charge >= 0.3 is 0 Å². The number of benzene rings is 2. The van der Waals surface area contributed by atoms with E-state index in [1.165, 1.54) is 0 Å². The van der Waals surface area contributed by atoms with E-state index in [-0.39, 0.29) is 5.95 Å². The summed E-state index contributed by atoms with van der Waals surface area (Å²) < 4.78 is 29.2. The van der Waals surface area contributed by atoms with Crippen LogP contribution in [0, 0.1) is 6.92 Å². The van der Waals surface area contributed by atoms with Gasteiger partial charge in [-0.05, 0) is 44.5 Å². The molecule has 162 valence electrons. The van der Waals surface area contributed by atoms with Crippen molar-refractivity contribution in [2.45, 2.75) is 26.0 Å². The van der Waals surface area contributed by atoms with E-state index in [1.807, 2.05) is 72.1 Å². The van der Waals surface area contributed by atoms with Crippen LogP contribution in [-0.2, 0) is 10.0 Å². The van der Waals surface area contributed by atoms with Gasteiger partial charge in [0.2, 0.25) is 16.0 Å². The molecule has 2 aromatic carbocycles. The number of imidazole rings is 2. The summed E-state index contributed by atoms with van der Waals surface area (Å²) in [5, 5.41) is -0.635. The average molecular weight is 446 g/mol. The Morgan fingerprint density at radius 2 is 1.69 bits per heavy atom. The largest absolute Gasteiger partial charge is 0.368 e. The molecule has 0 fully saturated rings. The summed E-state index contributed by atoms with van der Waals surface area (Å²) in [7, 11) is -3.68. The van der Waals surface area contributed by atoms with E-state index >= 15 is 0 Å². The highest BCUT2D eigenvalue weighted by atomic mass is 32.2. The number of fused-ring (bicyclic) bond motifs is 2. The number of nitrogens with two attached hydrogens (primary N) is 1. The third kappa shape index (κ3) is 2.98. The first-order chi connectivity index (χ1) is 15.3. The lowest BCUT2D eigenvalue weighted by molar-refractivity contribution is 0.580. The molecule has 0 saturated carbocycles. The molecule has 0 radical (unpaired) electrons. The molecule has 0 saturated heterocycles. The van der Waals surface area contributed by atoms with Crippen LogP contribution in [0.3, 0.4) is 0 Å². The van der Waals surface area contributed by atoms with Gasteiger partial charge < -0.3 is 5.73 Å². The molecule has 0 atom stereocenters. The molecule has 0 amide bonds. The Labute approximate surface area is 186 Å². The first-order valence-corrected chi connectivity index (χ1v) is 11.8. The lowest BCUT2D eigenvalue weighted by Gasteiger charge is -2.12. The Morgan fingerprint density at radius 1 is 0.938 bits per heavy atom. The van der Waals surface area contributed by atoms with E-state index in [2.05, 4.69) is 4.98 Å². The first-order valence-electron chi connectivity index (χ1n) is 10.3. The molecule has 3 aromatic heterocycles. The number of hydrogen-bond donors (Lipinski definition) is 1.